The third-order valence-corrected chi connectivity index (χ3v) is 3.01. The predicted octanol–water partition coefficient (Wildman–Crippen LogP) is 2.07. The number of halogens is 1. The molecule has 76 valence electrons. The lowest BCUT2D eigenvalue weighted by molar-refractivity contribution is 0.483. The Morgan fingerprint density at radius 1 is 1.50 bits per heavy atom. The van der Waals surface area contributed by atoms with Crippen molar-refractivity contribution in [3.8, 4) is 0 Å². The van der Waals surface area contributed by atoms with Crippen molar-refractivity contribution in [3.05, 3.63) is 18.3 Å². The van der Waals surface area contributed by atoms with Gasteiger partial charge in [0.05, 0.1) is 0 Å². The minimum atomic E-state index is 0.433. The second-order valence-corrected chi connectivity index (χ2v) is 3.89. The summed E-state index contributed by atoms with van der Waals surface area (Å²) in [6, 6.07) is 4.35. The Morgan fingerprint density at radius 2 is 2.43 bits per heavy atom. The highest BCUT2D eigenvalue weighted by Crippen LogP contribution is 2.22. The molecular formula is C10H14ClN3. The van der Waals surface area contributed by atoms with Crippen LogP contribution in [0.4, 0.5) is 5.82 Å². The van der Waals surface area contributed by atoms with Crippen LogP contribution in [0.25, 0.3) is 0 Å². The molecule has 0 amide bonds. The first kappa shape index (κ1) is 9.71. The SMILES string of the molecule is ClCC1CCCCN1c1cccnn1. The topological polar surface area (TPSA) is 29.0 Å². The molecule has 0 bridgehead atoms. The van der Waals surface area contributed by atoms with Crippen LogP contribution in [0.3, 0.4) is 0 Å². The summed E-state index contributed by atoms with van der Waals surface area (Å²) in [5.41, 5.74) is 0. The zero-order chi connectivity index (χ0) is 9.80. The van der Waals surface area contributed by atoms with E-state index >= 15 is 0 Å². The van der Waals surface area contributed by atoms with Crippen LogP contribution < -0.4 is 4.90 Å². The minimum Gasteiger partial charge on any atom is -0.351 e. The van der Waals surface area contributed by atoms with Gasteiger partial charge in [-0.3, -0.25) is 0 Å². The lowest BCUT2D eigenvalue weighted by Crippen LogP contribution is -2.41. The molecule has 0 aliphatic carbocycles. The summed E-state index contributed by atoms with van der Waals surface area (Å²) in [5.74, 6) is 1.63. The average Bonchev–Trinajstić information content (AvgIpc) is 2.30. The summed E-state index contributed by atoms with van der Waals surface area (Å²) >= 11 is 5.94. The fourth-order valence-corrected chi connectivity index (χ4v) is 2.23. The Bertz CT molecular complexity index is 278. The van der Waals surface area contributed by atoms with E-state index in [-0.39, 0.29) is 0 Å². The van der Waals surface area contributed by atoms with E-state index in [1.165, 1.54) is 19.3 Å². The molecule has 0 aromatic carbocycles. The van der Waals surface area contributed by atoms with Gasteiger partial charge in [-0.2, -0.15) is 5.10 Å². The quantitative estimate of drug-likeness (QED) is 0.702. The molecule has 1 unspecified atom stereocenters. The summed E-state index contributed by atoms with van der Waals surface area (Å²) in [6.07, 6.45) is 5.36. The van der Waals surface area contributed by atoms with Gasteiger partial charge in [-0.05, 0) is 31.4 Å². The Balaban J connectivity index is 2.15. The molecule has 1 aromatic rings. The fourth-order valence-electron chi connectivity index (χ4n) is 1.91. The molecule has 1 aromatic heterocycles. The largest absolute Gasteiger partial charge is 0.351 e. The van der Waals surface area contributed by atoms with E-state index in [0.717, 1.165) is 12.4 Å². The zero-order valence-corrected chi connectivity index (χ0v) is 8.82. The number of nitrogens with zero attached hydrogens (tertiary/aromatic N) is 3. The maximum absolute atomic E-state index is 5.94. The molecule has 0 radical (unpaired) electrons. The fraction of sp³-hybridized carbons (Fsp3) is 0.600. The number of aromatic nitrogens is 2. The third-order valence-electron chi connectivity index (χ3n) is 2.66. The number of piperidine rings is 1. The van der Waals surface area contributed by atoms with E-state index in [1.54, 1.807) is 6.20 Å². The van der Waals surface area contributed by atoms with Gasteiger partial charge in [0.1, 0.15) is 0 Å². The van der Waals surface area contributed by atoms with Crippen LogP contribution in [-0.4, -0.2) is 28.7 Å². The van der Waals surface area contributed by atoms with Gasteiger partial charge in [0.2, 0.25) is 0 Å². The molecule has 1 saturated heterocycles. The molecule has 0 saturated carbocycles. The van der Waals surface area contributed by atoms with E-state index in [2.05, 4.69) is 15.1 Å². The lowest BCUT2D eigenvalue weighted by Gasteiger charge is -2.35. The predicted molar refractivity (Wildman–Crippen MR) is 57.7 cm³/mol. The van der Waals surface area contributed by atoms with Gasteiger partial charge in [0.15, 0.2) is 5.82 Å². The van der Waals surface area contributed by atoms with E-state index in [1.807, 2.05) is 12.1 Å². The third kappa shape index (κ3) is 1.98. The Labute approximate surface area is 89.1 Å². The van der Waals surface area contributed by atoms with Crippen molar-refractivity contribution in [1.82, 2.24) is 10.2 Å². The normalized spacial score (nSPS) is 22.4. The van der Waals surface area contributed by atoms with Crippen LogP contribution >= 0.6 is 11.6 Å². The number of hydrogen-bond acceptors (Lipinski definition) is 3. The first-order valence-corrected chi connectivity index (χ1v) is 5.55. The van der Waals surface area contributed by atoms with Gasteiger partial charge in [-0.1, -0.05) is 0 Å². The molecule has 1 fully saturated rings. The standard InChI is InChI=1S/C10H14ClN3/c11-8-9-4-1-2-7-14(9)10-5-3-6-12-13-10/h3,5-6,9H,1-2,4,7-8H2. The van der Waals surface area contributed by atoms with Gasteiger partial charge < -0.3 is 4.90 Å². The van der Waals surface area contributed by atoms with Gasteiger partial charge in [-0.15, -0.1) is 16.7 Å². The molecule has 14 heavy (non-hydrogen) atoms. The van der Waals surface area contributed by atoms with E-state index < -0.39 is 0 Å². The van der Waals surface area contributed by atoms with Gasteiger partial charge >= 0.3 is 0 Å². The van der Waals surface area contributed by atoms with Crippen molar-refractivity contribution in [1.29, 1.82) is 0 Å². The van der Waals surface area contributed by atoms with Crippen molar-refractivity contribution >= 4 is 17.4 Å². The first-order chi connectivity index (χ1) is 6.92. The van der Waals surface area contributed by atoms with Crippen LogP contribution in [-0.2, 0) is 0 Å². The Morgan fingerprint density at radius 3 is 3.14 bits per heavy atom. The monoisotopic (exact) mass is 211 g/mol. The zero-order valence-electron chi connectivity index (χ0n) is 8.06. The summed E-state index contributed by atoms with van der Waals surface area (Å²) < 4.78 is 0. The van der Waals surface area contributed by atoms with Crippen LogP contribution in [0, 0.1) is 0 Å². The molecule has 1 atom stereocenters. The maximum Gasteiger partial charge on any atom is 0.151 e. The molecule has 1 aliphatic heterocycles. The highest BCUT2D eigenvalue weighted by Gasteiger charge is 2.22. The van der Waals surface area contributed by atoms with Gasteiger partial charge in [-0.25, -0.2) is 0 Å². The first-order valence-electron chi connectivity index (χ1n) is 5.02. The van der Waals surface area contributed by atoms with Crippen LogP contribution in [0.1, 0.15) is 19.3 Å². The second kappa shape index (κ2) is 4.60. The number of alkyl halides is 1. The number of hydrogen-bond donors (Lipinski definition) is 0. The van der Waals surface area contributed by atoms with Crippen molar-refractivity contribution in [2.75, 3.05) is 17.3 Å². The highest BCUT2D eigenvalue weighted by atomic mass is 35.5. The summed E-state index contributed by atoms with van der Waals surface area (Å²) in [6.45, 7) is 1.05. The van der Waals surface area contributed by atoms with E-state index in [0.29, 0.717) is 11.9 Å². The number of anilines is 1. The molecule has 4 heteroatoms. The summed E-state index contributed by atoms with van der Waals surface area (Å²) in [4.78, 5) is 2.27. The van der Waals surface area contributed by atoms with Crippen molar-refractivity contribution in [2.45, 2.75) is 25.3 Å². The van der Waals surface area contributed by atoms with Crippen LogP contribution in [0.2, 0.25) is 0 Å². The summed E-state index contributed by atoms with van der Waals surface area (Å²) in [5, 5.41) is 8.01. The van der Waals surface area contributed by atoms with Crippen molar-refractivity contribution < 1.29 is 0 Å². The molecule has 2 rings (SSSR count). The molecule has 0 spiro atoms. The van der Waals surface area contributed by atoms with E-state index in [9.17, 15) is 0 Å². The van der Waals surface area contributed by atoms with E-state index in [4.69, 9.17) is 11.6 Å². The molecule has 3 nitrogen and oxygen atoms in total. The van der Waals surface area contributed by atoms with Gasteiger partial charge in [0, 0.05) is 24.7 Å². The Hall–Kier alpha value is -0.830. The lowest BCUT2D eigenvalue weighted by atomic mass is 10.0. The molecular weight excluding hydrogens is 198 g/mol. The smallest absolute Gasteiger partial charge is 0.151 e. The molecule has 1 aliphatic rings. The van der Waals surface area contributed by atoms with Crippen LogP contribution in [0.15, 0.2) is 18.3 Å². The van der Waals surface area contributed by atoms with Crippen molar-refractivity contribution in [3.63, 3.8) is 0 Å². The molecule has 2 heterocycles. The second-order valence-electron chi connectivity index (χ2n) is 3.58. The average molecular weight is 212 g/mol. The van der Waals surface area contributed by atoms with Crippen LogP contribution in [0.5, 0.6) is 0 Å². The summed E-state index contributed by atoms with van der Waals surface area (Å²) in [7, 11) is 0. The number of rotatable bonds is 2. The minimum absolute atomic E-state index is 0.433. The molecule has 0 N–H and O–H groups in total. The van der Waals surface area contributed by atoms with Gasteiger partial charge in [0.25, 0.3) is 0 Å². The van der Waals surface area contributed by atoms with Crippen molar-refractivity contribution in [2.24, 2.45) is 0 Å². The highest BCUT2D eigenvalue weighted by molar-refractivity contribution is 6.18. The maximum atomic E-state index is 5.94. The Kier molecular flexibility index (Phi) is 3.19.